The minimum atomic E-state index is 0.265. The van der Waals surface area contributed by atoms with Gasteiger partial charge in [-0.2, -0.15) is 0 Å². The second-order valence-electron chi connectivity index (χ2n) is 7.75. The Labute approximate surface area is 151 Å². The molecular formula is C20H32N4O. The molecule has 0 saturated carbocycles. The molecule has 0 bridgehead atoms. The van der Waals surface area contributed by atoms with E-state index in [0.29, 0.717) is 6.42 Å². The number of rotatable bonds is 4. The Kier molecular flexibility index (Phi) is 5.84. The Hall–Kier alpha value is -1.75. The van der Waals surface area contributed by atoms with Gasteiger partial charge in [-0.05, 0) is 49.9 Å². The summed E-state index contributed by atoms with van der Waals surface area (Å²) >= 11 is 0. The first-order chi connectivity index (χ1) is 12.0. The van der Waals surface area contributed by atoms with Gasteiger partial charge in [0.1, 0.15) is 0 Å². The molecule has 0 radical (unpaired) electrons. The molecule has 2 aliphatic heterocycles. The first-order valence-corrected chi connectivity index (χ1v) is 9.62. The van der Waals surface area contributed by atoms with Crippen molar-refractivity contribution in [3.8, 4) is 0 Å². The van der Waals surface area contributed by atoms with E-state index in [9.17, 15) is 4.79 Å². The number of hydrogen-bond donors (Lipinski definition) is 1. The summed E-state index contributed by atoms with van der Waals surface area (Å²) in [5.74, 6) is 1.08. The smallest absolute Gasteiger partial charge is 0.222 e. The van der Waals surface area contributed by atoms with Gasteiger partial charge in [-0.1, -0.05) is 13.0 Å². The number of anilines is 2. The van der Waals surface area contributed by atoms with Crippen molar-refractivity contribution < 1.29 is 4.79 Å². The van der Waals surface area contributed by atoms with E-state index in [-0.39, 0.29) is 5.91 Å². The van der Waals surface area contributed by atoms with E-state index in [2.05, 4.69) is 42.0 Å². The molecular weight excluding hydrogens is 312 g/mol. The van der Waals surface area contributed by atoms with Gasteiger partial charge >= 0.3 is 0 Å². The predicted octanol–water partition coefficient (Wildman–Crippen LogP) is 2.21. The molecule has 0 atom stereocenters. The van der Waals surface area contributed by atoms with Gasteiger partial charge < -0.3 is 20.4 Å². The molecule has 25 heavy (non-hydrogen) atoms. The summed E-state index contributed by atoms with van der Waals surface area (Å²) in [5.41, 5.74) is 9.47. The summed E-state index contributed by atoms with van der Waals surface area (Å²) in [6.45, 7) is 8.15. The van der Waals surface area contributed by atoms with Crippen LogP contribution in [0, 0.1) is 5.92 Å². The van der Waals surface area contributed by atoms with Crippen molar-refractivity contribution in [2.75, 3.05) is 56.9 Å². The molecule has 0 spiro atoms. The highest BCUT2D eigenvalue weighted by Gasteiger charge is 2.20. The monoisotopic (exact) mass is 344 g/mol. The van der Waals surface area contributed by atoms with Crippen LogP contribution < -0.4 is 10.6 Å². The van der Waals surface area contributed by atoms with E-state index in [1.165, 1.54) is 12.8 Å². The third-order valence-corrected chi connectivity index (χ3v) is 5.70. The van der Waals surface area contributed by atoms with Crippen LogP contribution in [-0.2, 0) is 11.2 Å². The van der Waals surface area contributed by atoms with Crippen molar-refractivity contribution in [1.29, 1.82) is 0 Å². The number of nitrogens with two attached hydrogens (primary N) is 1. The van der Waals surface area contributed by atoms with E-state index in [1.54, 1.807) is 0 Å². The molecule has 0 aliphatic carbocycles. The van der Waals surface area contributed by atoms with Crippen molar-refractivity contribution in [3.63, 3.8) is 0 Å². The van der Waals surface area contributed by atoms with Crippen LogP contribution in [0.5, 0.6) is 0 Å². The molecule has 1 amide bonds. The Morgan fingerprint density at radius 3 is 2.44 bits per heavy atom. The van der Waals surface area contributed by atoms with Crippen molar-refractivity contribution in [2.24, 2.45) is 5.92 Å². The number of hydrogen-bond acceptors (Lipinski definition) is 4. The van der Waals surface area contributed by atoms with E-state index in [4.69, 9.17) is 5.73 Å². The minimum absolute atomic E-state index is 0.265. The standard InChI is InChI=1S/C20H32N4O/c1-16-7-9-23(10-8-16)19-5-3-17(15-18(19)21)4-6-20(25)24-13-11-22(2)12-14-24/h3,5,15-16H,4,6-14,21H2,1-2H3. The van der Waals surface area contributed by atoms with E-state index >= 15 is 0 Å². The van der Waals surface area contributed by atoms with Crippen molar-refractivity contribution in [2.45, 2.75) is 32.6 Å². The molecule has 2 N–H and O–H groups in total. The lowest BCUT2D eigenvalue weighted by Gasteiger charge is -2.33. The fourth-order valence-corrected chi connectivity index (χ4v) is 3.76. The second-order valence-corrected chi connectivity index (χ2v) is 7.75. The van der Waals surface area contributed by atoms with Crippen LogP contribution in [0.3, 0.4) is 0 Å². The molecule has 138 valence electrons. The van der Waals surface area contributed by atoms with Gasteiger partial charge in [0, 0.05) is 45.7 Å². The molecule has 5 nitrogen and oxygen atoms in total. The number of piperidine rings is 1. The third kappa shape index (κ3) is 4.66. The second kappa shape index (κ2) is 8.09. The molecule has 5 heteroatoms. The van der Waals surface area contributed by atoms with Gasteiger partial charge in [0.15, 0.2) is 0 Å². The molecule has 3 rings (SSSR count). The average molecular weight is 345 g/mol. The summed E-state index contributed by atoms with van der Waals surface area (Å²) < 4.78 is 0. The normalized spacial score (nSPS) is 20.1. The van der Waals surface area contributed by atoms with Crippen LogP contribution >= 0.6 is 0 Å². The lowest BCUT2D eigenvalue weighted by atomic mass is 9.98. The lowest BCUT2D eigenvalue weighted by Crippen LogP contribution is -2.47. The fraction of sp³-hybridized carbons (Fsp3) is 0.650. The van der Waals surface area contributed by atoms with Crippen LogP contribution in [0.4, 0.5) is 11.4 Å². The highest BCUT2D eigenvalue weighted by atomic mass is 16.2. The van der Waals surface area contributed by atoms with Crippen molar-refractivity contribution in [1.82, 2.24) is 9.80 Å². The fourth-order valence-electron chi connectivity index (χ4n) is 3.76. The largest absolute Gasteiger partial charge is 0.397 e. The maximum atomic E-state index is 12.4. The summed E-state index contributed by atoms with van der Waals surface area (Å²) in [5, 5.41) is 0. The summed E-state index contributed by atoms with van der Waals surface area (Å²) in [7, 11) is 2.11. The quantitative estimate of drug-likeness (QED) is 0.851. The molecule has 2 aliphatic rings. The van der Waals surface area contributed by atoms with E-state index < -0.39 is 0 Å². The Morgan fingerprint density at radius 1 is 1.12 bits per heavy atom. The van der Waals surface area contributed by atoms with Crippen LogP contribution in [0.15, 0.2) is 18.2 Å². The van der Waals surface area contributed by atoms with Gasteiger partial charge in [0.05, 0.1) is 11.4 Å². The minimum Gasteiger partial charge on any atom is -0.397 e. The summed E-state index contributed by atoms with van der Waals surface area (Å²) in [4.78, 5) is 19.0. The lowest BCUT2D eigenvalue weighted by molar-refractivity contribution is -0.132. The Balaban J connectivity index is 1.53. The summed E-state index contributed by atoms with van der Waals surface area (Å²) in [6, 6.07) is 6.34. The van der Waals surface area contributed by atoms with Gasteiger partial charge in [-0.25, -0.2) is 0 Å². The molecule has 1 aromatic rings. The van der Waals surface area contributed by atoms with Crippen LogP contribution in [0.1, 0.15) is 31.7 Å². The first-order valence-electron chi connectivity index (χ1n) is 9.62. The molecule has 2 fully saturated rings. The molecule has 2 saturated heterocycles. The number of carbonyl (C=O) groups excluding carboxylic acids is 1. The zero-order valence-corrected chi connectivity index (χ0v) is 15.7. The number of amides is 1. The molecule has 0 aromatic heterocycles. The maximum absolute atomic E-state index is 12.4. The maximum Gasteiger partial charge on any atom is 0.222 e. The summed E-state index contributed by atoms with van der Waals surface area (Å²) in [6.07, 6.45) is 3.82. The van der Waals surface area contributed by atoms with Gasteiger partial charge in [0.25, 0.3) is 0 Å². The highest BCUT2D eigenvalue weighted by Crippen LogP contribution is 2.29. The molecule has 2 heterocycles. The number of carbonyl (C=O) groups is 1. The third-order valence-electron chi connectivity index (χ3n) is 5.70. The number of nitrogens with zero attached hydrogens (tertiary/aromatic N) is 3. The highest BCUT2D eigenvalue weighted by molar-refractivity contribution is 5.77. The number of nitrogen functional groups attached to an aromatic ring is 1. The predicted molar refractivity (Wildman–Crippen MR) is 104 cm³/mol. The Morgan fingerprint density at radius 2 is 1.80 bits per heavy atom. The van der Waals surface area contributed by atoms with Gasteiger partial charge in [-0.3, -0.25) is 4.79 Å². The van der Waals surface area contributed by atoms with Crippen LogP contribution in [-0.4, -0.2) is 62.0 Å². The average Bonchev–Trinajstić information content (AvgIpc) is 2.61. The number of piperazine rings is 1. The number of likely N-dealkylation sites (N-methyl/N-ethyl adjacent to an activating group) is 1. The number of aryl methyl sites for hydroxylation is 1. The SMILES string of the molecule is CC1CCN(c2ccc(CCC(=O)N3CCN(C)CC3)cc2N)CC1. The number of benzene rings is 1. The van der Waals surface area contributed by atoms with Gasteiger partial charge in [-0.15, -0.1) is 0 Å². The topological polar surface area (TPSA) is 52.8 Å². The van der Waals surface area contributed by atoms with E-state index in [0.717, 1.165) is 68.5 Å². The van der Waals surface area contributed by atoms with Crippen LogP contribution in [0.2, 0.25) is 0 Å². The zero-order chi connectivity index (χ0) is 17.8. The van der Waals surface area contributed by atoms with Gasteiger partial charge in [0.2, 0.25) is 5.91 Å². The van der Waals surface area contributed by atoms with Crippen molar-refractivity contribution in [3.05, 3.63) is 23.8 Å². The molecule has 0 unspecified atom stereocenters. The van der Waals surface area contributed by atoms with E-state index in [1.807, 2.05) is 4.90 Å². The van der Waals surface area contributed by atoms with Crippen molar-refractivity contribution >= 4 is 17.3 Å². The zero-order valence-electron chi connectivity index (χ0n) is 15.7. The first kappa shape index (κ1) is 18.1. The van der Waals surface area contributed by atoms with Crippen LogP contribution in [0.25, 0.3) is 0 Å². The molecule has 1 aromatic carbocycles. The Bertz CT molecular complexity index is 587.